The maximum Gasteiger partial charge on any atom is 0.259 e. The third kappa shape index (κ3) is 1.78. The highest BCUT2D eigenvalue weighted by atomic mass is 19.1. The Kier molecular flexibility index (Phi) is 2.87. The Morgan fingerprint density at radius 1 is 1.38 bits per heavy atom. The van der Waals surface area contributed by atoms with Crippen molar-refractivity contribution in [3.05, 3.63) is 35.4 Å². The number of hydrogen-bond acceptors (Lipinski definition) is 2. The summed E-state index contributed by atoms with van der Waals surface area (Å²) in [4.78, 5) is 13.2. The Bertz CT molecular complexity index is 398. The van der Waals surface area contributed by atoms with Gasteiger partial charge in [0.2, 0.25) is 0 Å². The molecule has 1 aromatic rings. The molecular formula is C11H12F2N2O. The molecule has 0 saturated carbocycles. The highest BCUT2D eigenvalue weighted by Gasteiger charge is 2.29. The number of nitrogens with one attached hydrogen (secondary N) is 1. The van der Waals surface area contributed by atoms with Crippen molar-refractivity contribution in [3.63, 3.8) is 0 Å². The second-order valence-corrected chi connectivity index (χ2v) is 3.82. The maximum atomic E-state index is 13.3. The van der Waals surface area contributed by atoms with Crippen molar-refractivity contribution in [2.24, 2.45) is 0 Å². The van der Waals surface area contributed by atoms with E-state index < -0.39 is 23.1 Å². The smallest absolute Gasteiger partial charge is 0.259 e. The van der Waals surface area contributed by atoms with E-state index in [2.05, 4.69) is 5.32 Å². The van der Waals surface area contributed by atoms with E-state index in [1.807, 2.05) is 0 Å². The molecule has 16 heavy (non-hydrogen) atoms. The summed E-state index contributed by atoms with van der Waals surface area (Å²) in [5.41, 5.74) is -0.475. The van der Waals surface area contributed by atoms with Crippen LogP contribution >= 0.6 is 0 Å². The molecule has 1 aliphatic rings. The molecule has 2 rings (SSSR count). The molecule has 86 valence electrons. The second-order valence-electron chi connectivity index (χ2n) is 3.82. The largest absolute Gasteiger partial charge is 0.336 e. The molecule has 3 nitrogen and oxygen atoms in total. The zero-order chi connectivity index (χ0) is 11.7. The third-order valence-electron chi connectivity index (χ3n) is 2.80. The second kappa shape index (κ2) is 4.17. The molecular weight excluding hydrogens is 214 g/mol. The lowest BCUT2D eigenvalue weighted by molar-refractivity contribution is 0.0671. The predicted molar refractivity (Wildman–Crippen MR) is 55.1 cm³/mol. The van der Waals surface area contributed by atoms with Crippen molar-refractivity contribution in [1.82, 2.24) is 10.2 Å². The zero-order valence-electron chi connectivity index (χ0n) is 8.84. The van der Waals surface area contributed by atoms with Crippen LogP contribution in [0.3, 0.4) is 0 Å². The van der Waals surface area contributed by atoms with Crippen LogP contribution in [0.25, 0.3) is 0 Å². The number of amides is 1. The highest BCUT2D eigenvalue weighted by molar-refractivity contribution is 5.94. The van der Waals surface area contributed by atoms with Crippen molar-refractivity contribution in [3.8, 4) is 0 Å². The minimum atomic E-state index is -0.816. The fourth-order valence-corrected chi connectivity index (χ4v) is 1.59. The van der Waals surface area contributed by atoms with Gasteiger partial charge in [-0.25, -0.2) is 8.78 Å². The van der Waals surface area contributed by atoms with Gasteiger partial charge in [0.25, 0.3) is 5.91 Å². The number of carbonyl (C=O) groups excluding carboxylic acids is 1. The fourth-order valence-electron chi connectivity index (χ4n) is 1.59. The van der Waals surface area contributed by atoms with Crippen molar-refractivity contribution < 1.29 is 13.6 Å². The Morgan fingerprint density at radius 2 is 1.94 bits per heavy atom. The Hall–Kier alpha value is -1.49. The van der Waals surface area contributed by atoms with Crippen LogP contribution in [-0.4, -0.2) is 37.0 Å². The molecule has 1 fully saturated rings. The van der Waals surface area contributed by atoms with E-state index in [1.54, 1.807) is 7.05 Å². The van der Waals surface area contributed by atoms with E-state index in [0.717, 1.165) is 12.1 Å². The molecule has 0 spiro atoms. The van der Waals surface area contributed by atoms with E-state index in [1.165, 1.54) is 11.0 Å². The maximum absolute atomic E-state index is 13.3. The third-order valence-corrected chi connectivity index (χ3v) is 2.80. The van der Waals surface area contributed by atoms with Gasteiger partial charge in [0.1, 0.15) is 17.2 Å². The van der Waals surface area contributed by atoms with Crippen LogP contribution in [0.15, 0.2) is 18.2 Å². The average molecular weight is 226 g/mol. The van der Waals surface area contributed by atoms with Crippen LogP contribution in [0.1, 0.15) is 10.4 Å². The van der Waals surface area contributed by atoms with Gasteiger partial charge in [-0.2, -0.15) is 0 Å². The molecule has 0 aliphatic carbocycles. The lowest BCUT2D eigenvalue weighted by atomic mass is 10.1. The van der Waals surface area contributed by atoms with Crippen LogP contribution in [0, 0.1) is 11.6 Å². The SMILES string of the molecule is CN(C(=O)c1c(F)cccc1F)C1CNC1. The molecule has 0 bridgehead atoms. The fraction of sp³-hybridized carbons (Fsp3) is 0.364. The van der Waals surface area contributed by atoms with Gasteiger partial charge in [-0.05, 0) is 12.1 Å². The summed E-state index contributed by atoms with van der Waals surface area (Å²) < 4.78 is 26.7. The monoisotopic (exact) mass is 226 g/mol. The summed E-state index contributed by atoms with van der Waals surface area (Å²) in [7, 11) is 1.56. The molecule has 1 saturated heterocycles. The Labute approximate surface area is 92.1 Å². The number of rotatable bonds is 2. The number of halogens is 2. The number of nitrogens with zero attached hydrogens (tertiary/aromatic N) is 1. The summed E-state index contributed by atoms with van der Waals surface area (Å²) in [6, 6.07) is 3.44. The van der Waals surface area contributed by atoms with Gasteiger partial charge in [0.05, 0.1) is 6.04 Å². The van der Waals surface area contributed by atoms with E-state index in [9.17, 15) is 13.6 Å². The lowest BCUT2D eigenvalue weighted by Crippen LogP contribution is -2.57. The minimum Gasteiger partial charge on any atom is -0.336 e. The molecule has 5 heteroatoms. The Balaban J connectivity index is 2.26. The van der Waals surface area contributed by atoms with Gasteiger partial charge in [-0.3, -0.25) is 4.79 Å². The average Bonchev–Trinajstić information content (AvgIpc) is 2.14. The van der Waals surface area contributed by atoms with Crippen LogP contribution in [0.2, 0.25) is 0 Å². The predicted octanol–water partition coefficient (Wildman–Crippen LogP) is 1.01. The van der Waals surface area contributed by atoms with Crippen molar-refractivity contribution >= 4 is 5.91 Å². The van der Waals surface area contributed by atoms with Crippen molar-refractivity contribution in [1.29, 1.82) is 0 Å². The molecule has 1 aromatic carbocycles. The Morgan fingerprint density at radius 3 is 2.38 bits per heavy atom. The van der Waals surface area contributed by atoms with Gasteiger partial charge in [-0.1, -0.05) is 6.07 Å². The van der Waals surface area contributed by atoms with Crippen LogP contribution in [-0.2, 0) is 0 Å². The highest BCUT2D eigenvalue weighted by Crippen LogP contribution is 2.16. The first-order valence-corrected chi connectivity index (χ1v) is 5.03. The zero-order valence-corrected chi connectivity index (χ0v) is 8.84. The first kappa shape index (κ1) is 11.0. The number of likely N-dealkylation sites (N-methyl/N-ethyl adjacent to an activating group) is 1. The van der Waals surface area contributed by atoms with Crippen molar-refractivity contribution in [2.75, 3.05) is 20.1 Å². The molecule has 0 unspecified atom stereocenters. The first-order chi connectivity index (χ1) is 7.61. The van der Waals surface area contributed by atoms with Gasteiger partial charge >= 0.3 is 0 Å². The number of hydrogen-bond donors (Lipinski definition) is 1. The van der Waals surface area contributed by atoms with Gasteiger partial charge in [0.15, 0.2) is 0 Å². The van der Waals surface area contributed by atoms with E-state index >= 15 is 0 Å². The lowest BCUT2D eigenvalue weighted by Gasteiger charge is -2.35. The van der Waals surface area contributed by atoms with E-state index in [0.29, 0.717) is 13.1 Å². The summed E-state index contributed by atoms with van der Waals surface area (Å²) in [5.74, 6) is -2.24. The van der Waals surface area contributed by atoms with E-state index in [-0.39, 0.29) is 6.04 Å². The molecule has 1 heterocycles. The van der Waals surface area contributed by atoms with Gasteiger partial charge in [0, 0.05) is 20.1 Å². The summed E-state index contributed by atoms with van der Waals surface area (Å²) >= 11 is 0. The molecule has 0 atom stereocenters. The minimum absolute atomic E-state index is 0.0199. The van der Waals surface area contributed by atoms with Crippen molar-refractivity contribution in [2.45, 2.75) is 6.04 Å². The molecule has 0 radical (unpaired) electrons. The molecule has 1 amide bonds. The molecule has 0 aromatic heterocycles. The standard InChI is InChI=1S/C11H12F2N2O/c1-15(7-5-14-6-7)11(16)10-8(12)3-2-4-9(10)13/h2-4,7,14H,5-6H2,1H3. The molecule has 1 aliphatic heterocycles. The topological polar surface area (TPSA) is 32.3 Å². The summed E-state index contributed by atoms with van der Waals surface area (Å²) in [5, 5.41) is 3.00. The number of carbonyl (C=O) groups is 1. The van der Waals surface area contributed by atoms with Gasteiger partial charge in [-0.15, -0.1) is 0 Å². The number of benzene rings is 1. The van der Waals surface area contributed by atoms with E-state index in [4.69, 9.17) is 0 Å². The quantitative estimate of drug-likeness (QED) is 0.816. The van der Waals surface area contributed by atoms with Gasteiger partial charge < -0.3 is 10.2 Å². The normalized spacial score (nSPS) is 15.7. The summed E-state index contributed by atoms with van der Waals surface area (Å²) in [6.45, 7) is 1.33. The van der Waals surface area contributed by atoms with Crippen LogP contribution in [0.5, 0.6) is 0 Å². The van der Waals surface area contributed by atoms with Crippen LogP contribution in [0.4, 0.5) is 8.78 Å². The molecule has 1 N–H and O–H groups in total. The summed E-state index contributed by atoms with van der Waals surface area (Å²) in [6.07, 6.45) is 0. The van der Waals surface area contributed by atoms with Crippen LogP contribution < -0.4 is 5.32 Å². The first-order valence-electron chi connectivity index (χ1n) is 5.03.